The van der Waals surface area contributed by atoms with Crippen LogP contribution in [0.4, 0.5) is 17.1 Å². The van der Waals surface area contributed by atoms with E-state index in [-0.39, 0.29) is 45.1 Å². The number of hydrogen-bond acceptors (Lipinski definition) is 9. The summed E-state index contributed by atoms with van der Waals surface area (Å²) in [7, 11) is 0. The van der Waals surface area contributed by atoms with Gasteiger partial charge in [-0.05, 0) is 49.4 Å². The van der Waals surface area contributed by atoms with Crippen LogP contribution in [0.1, 0.15) is 6.92 Å². The molecular formula is C22H20N3O6-3. The van der Waals surface area contributed by atoms with Crippen molar-refractivity contribution < 1.29 is 14.5 Å². The topological polar surface area (TPSA) is 107 Å². The van der Waals surface area contributed by atoms with Crippen LogP contribution in [0.25, 0.3) is 0 Å². The third kappa shape index (κ3) is 6.11. The standard InChI is InChI=1S/C22H20N3O6/c1-17(2)16-29-24(27)22-15-18(23(26)30-19-9-5-3-6-10-19)13-14-21(22)25(28)31-20-11-7-4-8-12-20/h3-15H,1,16H2,2H3/q-3. The van der Waals surface area contributed by atoms with E-state index in [1.54, 1.807) is 67.6 Å². The van der Waals surface area contributed by atoms with Crippen molar-refractivity contribution in [2.45, 2.75) is 6.92 Å². The van der Waals surface area contributed by atoms with Gasteiger partial charge in [0.25, 0.3) is 0 Å². The van der Waals surface area contributed by atoms with Crippen molar-refractivity contribution >= 4 is 17.1 Å². The summed E-state index contributed by atoms with van der Waals surface area (Å²) in [5.74, 6) is 0.573. The SMILES string of the molecule is C=C(C)CON([O-])c1cc(N([O-])Oc2ccccc2)ccc1N([O-])Oc1ccccc1. The molecule has 0 atom stereocenters. The molecule has 0 radical (unpaired) electrons. The van der Waals surface area contributed by atoms with Crippen molar-refractivity contribution in [3.05, 3.63) is 107 Å². The van der Waals surface area contributed by atoms with Gasteiger partial charge in [-0.3, -0.25) is 15.3 Å². The Labute approximate surface area is 179 Å². The van der Waals surface area contributed by atoms with Gasteiger partial charge in [0.2, 0.25) is 0 Å². The zero-order valence-corrected chi connectivity index (χ0v) is 16.7. The summed E-state index contributed by atoms with van der Waals surface area (Å²) in [4.78, 5) is 15.5. The molecule has 0 amide bonds. The zero-order chi connectivity index (χ0) is 22.2. The molecule has 0 heterocycles. The molecule has 0 unspecified atom stereocenters. The molecular weight excluding hydrogens is 402 g/mol. The average molecular weight is 422 g/mol. The lowest BCUT2D eigenvalue weighted by molar-refractivity contribution is 0.154. The fraction of sp³-hybridized carbons (Fsp3) is 0.0909. The summed E-state index contributed by atoms with van der Waals surface area (Å²) in [6.07, 6.45) is 0. The highest BCUT2D eigenvalue weighted by molar-refractivity contribution is 5.75. The summed E-state index contributed by atoms with van der Waals surface area (Å²) in [5, 5.41) is 38.1. The second-order valence-corrected chi connectivity index (χ2v) is 6.48. The zero-order valence-electron chi connectivity index (χ0n) is 16.7. The second-order valence-electron chi connectivity index (χ2n) is 6.48. The number of nitrogens with zero attached hydrogens (tertiary/aromatic N) is 3. The van der Waals surface area contributed by atoms with Gasteiger partial charge in [-0.15, -0.1) is 0 Å². The first-order valence-electron chi connectivity index (χ1n) is 9.23. The van der Waals surface area contributed by atoms with Gasteiger partial charge < -0.3 is 30.5 Å². The molecule has 9 nitrogen and oxygen atoms in total. The molecule has 0 N–H and O–H groups in total. The molecule has 3 aromatic carbocycles. The molecule has 0 fully saturated rings. The highest BCUT2D eigenvalue weighted by atomic mass is 16.9. The van der Waals surface area contributed by atoms with Gasteiger partial charge in [-0.1, -0.05) is 48.6 Å². The fourth-order valence-corrected chi connectivity index (χ4v) is 2.42. The maximum Gasteiger partial charge on any atom is 0.154 e. The fourth-order valence-electron chi connectivity index (χ4n) is 2.42. The Kier molecular flexibility index (Phi) is 7.31. The predicted octanol–water partition coefficient (Wildman–Crippen LogP) is 5.09. The highest BCUT2D eigenvalue weighted by Crippen LogP contribution is 2.34. The van der Waals surface area contributed by atoms with Gasteiger partial charge in [0.1, 0.15) is 0 Å². The molecule has 0 aliphatic heterocycles. The van der Waals surface area contributed by atoms with Gasteiger partial charge in [-0.2, -0.15) is 0 Å². The van der Waals surface area contributed by atoms with Crippen molar-refractivity contribution in [1.82, 2.24) is 0 Å². The largest absolute Gasteiger partial charge is 0.733 e. The molecule has 3 aromatic rings. The average Bonchev–Trinajstić information content (AvgIpc) is 2.78. The molecule has 0 spiro atoms. The molecule has 0 aromatic heterocycles. The lowest BCUT2D eigenvalue weighted by Gasteiger charge is -2.38. The Morgan fingerprint density at radius 3 is 1.84 bits per heavy atom. The van der Waals surface area contributed by atoms with Crippen LogP contribution in [0.3, 0.4) is 0 Å². The van der Waals surface area contributed by atoms with Gasteiger partial charge in [0.15, 0.2) is 11.5 Å². The molecule has 0 saturated carbocycles. The number of rotatable bonds is 10. The summed E-state index contributed by atoms with van der Waals surface area (Å²) in [6, 6.07) is 20.5. The van der Waals surface area contributed by atoms with E-state index < -0.39 is 0 Å². The van der Waals surface area contributed by atoms with Crippen LogP contribution < -0.4 is 25.4 Å². The summed E-state index contributed by atoms with van der Waals surface area (Å²) < 4.78 is 0. The Hall–Kier alpha value is -3.76. The lowest BCUT2D eigenvalue weighted by atomic mass is 10.2. The monoisotopic (exact) mass is 422 g/mol. The molecule has 162 valence electrons. The van der Waals surface area contributed by atoms with Crippen LogP contribution in [0, 0.1) is 15.6 Å². The first kappa shape index (κ1) is 21.9. The molecule has 31 heavy (non-hydrogen) atoms. The third-order valence-corrected chi connectivity index (χ3v) is 3.85. The van der Waals surface area contributed by atoms with E-state index >= 15 is 0 Å². The van der Waals surface area contributed by atoms with E-state index in [9.17, 15) is 15.6 Å². The quantitative estimate of drug-likeness (QED) is 0.326. The minimum atomic E-state index is -0.248. The van der Waals surface area contributed by atoms with Gasteiger partial charge >= 0.3 is 0 Å². The lowest BCUT2D eigenvalue weighted by Crippen LogP contribution is -2.25. The summed E-state index contributed by atoms with van der Waals surface area (Å²) >= 11 is 0. The van der Waals surface area contributed by atoms with E-state index in [1.807, 2.05) is 0 Å². The normalized spacial score (nSPS) is 10.3. The van der Waals surface area contributed by atoms with Crippen LogP contribution in [0.5, 0.6) is 11.5 Å². The Bertz CT molecular complexity index is 987. The van der Waals surface area contributed by atoms with Crippen molar-refractivity contribution in [2.24, 2.45) is 0 Å². The van der Waals surface area contributed by atoms with Crippen molar-refractivity contribution in [3.8, 4) is 11.5 Å². The Morgan fingerprint density at radius 1 is 0.742 bits per heavy atom. The van der Waals surface area contributed by atoms with E-state index in [1.165, 1.54) is 12.1 Å². The van der Waals surface area contributed by atoms with Crippen LogP contribution >= 0.6 is 0 Å². The Morgan fingerprint density at radius 2 is 1.29 bits per heavy atom. The van der Waals surface area contributed by atoms with Gasteiger partial charge in [0, 0.05) is 0 Å². The van der Waals surface area contributed by atoms with Crippen molar-refractivity contribution in [1.29, 1.82) is 0 Å². The summed E-state index contributed by atoms with van der Waals surface area (Å²) in [6.45, 7) is 5.26. The van der Waals surface area contributed by atoms with E-state index in [0.29, 0.717) is 11.3 Å². The second kappa shape index (κ2) is 10.3. The van der Waals surface area contributed by atoms with Crippen LogP contribution in [-0.2, 0) is 4.84 Å². The summed E-state index contributed by atoms with van der Waals surface area (Å²) in [5.41, 5.74) is 0.144. The molecule has 0 bridgehead atoms. The first-order valence-corrected chi connectivity index (χ1v) is 9.23. The number of hydrogen-bond donors (Lipinski definition) is 0. The van der Waals surface area contributed by atoms with Crippen LogP contribution in [-0.4, -0.2) is 6.61 Å². The molecule has 0 saturated heterocycles. The maximum atomic E-state index is 12.6. The van der Waals surface area contributed by atoms with Crippen molar-refractivity contribution in [3.63, 3.8) is 0 Å². The minimum absolute atomic E-state index is 0.0320. The highest BCUT2D eigenvalue weighted by Gasteiger charge is 2.12. The van der Waals surface area contributed by atoms with Gasteiger partial charge in [-0.25, -0.2) is 0 Å². The molecule has 3 rings (SSSR count). The smallest absolute Gasteiger partial charge is 0.154 e. The predicted molar refractivity (Wildman–Crippen MR) is 119 cm³/mol. The van der Waals surface area contributed by atoms with E-state index in [0.717, 1.165) is 6.07 Å². The molecule has 0 aliphatic carbocycles. The van der Waals surface area contributed by atoms with Gasteiger partial charge in [0.05, 0.1) is 23.7 Å². The van der Waals surface area contributed by atoms with Crippen molar-refractivity contribution in [2.75, 3.05) is 22.3 Å². The number of anilines is 3. The van der Waals surface area contributed by atoms with E-state index in [4.69, 9.17) is 14.5 Å². The van der Waals surface area contributed by atoms with Crippen LogP contribution in [0.15, 0.2) is 91.0 Å². The maximum absolute atomic E-state index is 12.6. The minimum Gasteiger partial charge on any atom is -0.733 e. The number of para-hydroxylation sites is 2. The van der Waals surface area contributed by atoms with E-state index in [2.05, 4.69) is 6.58 Å². The third-order valence-electron chi connectivity index (χ3n) is 3.85. The number of benzene rings is 3. The molecule has 9 heteroatoms. The van der Waals surface area contributed by atoms with Crippen LogP contribution in [0.2, 0.25) is 0 Å². The molecule has 0 aliphatic rings. The Balaban J connectivity index is 1.87. The first-order chi connectivity index (χ1) is 14.9.